The monoisotopic (exact) mass is 396 g/mol. The summed E-state index contributed by atoms with van der Waals surface area (Å²) in [6, 6.07) is 11.2. The molecule has 0 saturated carbocycles. The van der Waals surface area contributed by atoms with E-state index in [0.29, 0.717) is 21.9 Å². The average Bonchev–Trinajstić information content (AvgIpc) is 2.68. The summed E-state index contributed by atoms with van der Waals surface area (Å²) in [4.78, 5) is 20.7. The quantitative estimate of drug-likeness (QED) is 0.276. The van der Waals surface area contributed by atoms with E-state index in [-0.39, 0.29) is 18.0 Å². The number of thioether (sulfide) groups is 1. The second-order valence-corrected chi connectivity index (χ2v) is 7.29. The third kappa shape index (κ3) is 5.25. The van der Waals surface area contributed by atoms with E-state index >= 15 is 0 Å². The van der Waals surface area contributed by atoms with Crippen LogP contribution in [0.1, 0.15) is 27.0 Å². The highest BCUT2D eigenvalue weighted by Gasteiger charge is 2.16. The van der Waals surface area contributed by atoms with Crippen molar-refractivity contribution in [2.75, 3.05) is 0 Å². The summed E-state index contributed by atoms with van der Waals surface area (Å²) in [5.74, 6) is -0.0174. The molecule has 1 heterocycles. The van der Waals surface area contributed by atoms with E-state index in [1.165, 1.54) is 36.3 Å². The molecule has 2 aromatic carbocycles. The van der Waals surface area contributed by atoms with Gasteiger partial charge in [0.2, 0.25) is 0 Å². The number of aromatic nitrogens is 2. The topological polar surface area (TPSA) is 83.3 Å². The van der Waals surface area contributed by atoms with Crippen molar-refractivity contribution in [2.45, 2.75) is 24.3 Å². The molecule has 0 atom stereocenters. The Balaban J connectivity index is 1.64. The summed E-state index contributed by atoms with van der Waals surface area (Å²) in [7, 11) is -1.54. The van der Waals surface area contributed by atoms with Crippen LogP contribution >= 0.6 is 11.8 Å². The zero-order chi connectivity index (χ0) is 20.1. The first-order valence-electron chi connectivity index (χ1n) is 8.60. The van der Waals surface area contributed by atoms with Crippen molar-refractivity contribution in [2.24, 2.45) is 0 Å². The van der Waals surface area contributed by atoms with Crippen LogP contribution in [0.25, 0.3) is 0 Å². The van der Waals surface area contributed by atoms with Crippen molar-refractivity contribution in [1.82, 2.24) is 9.97 Å². The number of aryl methyl sites for hydroxylation is 1. The third-order valence-corrected chi connectivity index (χ3v) is 5.09. The molecule has 0 aliphatic rings. The highest BCUT2D eigenvalue weighted by molar-refractivity contribution is 7.98. The molecule has 1 aromatic heterocycles. The first-order chi connectivity index (χ1) is 13.4. The minimum atomic E-state index is -1.54. The molecule has 0 spiro atoms. The minimum absolute atomic E-state index is 0.146. The molecule has 5 nitrogen and oxygen atoms in total. The molecule has 0 aliphatic carbocycles. The molecule has 3 aromatic rings. The largest absolute Gasteiger partial charge is 0.488 e. The van der Waals surface area contributed by atoms with Crippen LogP contribution < -0.4 is 5.46 Å². The SMILES string of the molecule is Cc1ccc(B(O)O)c(CSc2ncc(C(=O)Cc3ccc(F)cc3)cn2)c1. The van der Waals surface area contributed by atoms with Gasteiger partial charge in [0.1, 0.15) is 5.82 Å². The first-order valence-corrected chi connectivity index (χ1v) is 9.59. The normalized spacial score (nSPS) is 10.7. The van der Waals surface area contributed by atoms with Crippen LogP contribution in [-0.4, -0.2) is 32.9 Å². The van der Waals surface area contributed by atoms with Gasteiger partial charge in [-0.2, -0.15) is 0 Å². The van der Waals surface area contributed by atoms with E-state index < -0.39 is 7.12 Å². The van der Waals surface area contributed by atoms with Crippen LogP contribution in [0, 0.1) is 12.7 Å². The molecule has 0 radical (unpaired) electrons. The lowest BCUT2D eigenvalue weighted by Crippen LogP contribution is -2.32. The van der Waals surface area contributed by atoms with Gasteiger partial charge in [0.25, 0.3) is 0 Å². The molecule has 28 heavy (non-hydrogen) atoms. The van der Waals surface area contributed by atoms with Crippen LogP contribution in [0.2, 0.25) is 0 Å². The predicted molar refractivity (Wildman–Crippen MR) is 107 cm³/mol. The number of hydrogen-bond acceptors (Lipinski definition) is 6. The number of nitrogens with zero attached hydrogens (tertiary/aromatic N) is 2. The van der Waals surface area contributed by atoms with Gasteiger partial charge in [-0.3, -0.25) is 4.79 Å². The number of carbonyl (C=O) groups excluding carboxylic acids is 1. The van der Waals surface area contributed by atoms with E-state index in [1.807, 2.05) is 19.1 Å². The number of benzene rings is 2. The van der Waals surface area contributed by atoms with E-state index in [1.54, 1.807) is 18.2 Å². The Labute approximate surface area is 166 Å². The van der Waals surface area contributed by atoms with Gasteiger partial charge in [0.05, 0.1) is 5.56 Å². The van der Waals surface area contributed by atoms with Crippen molar-refractivity contribution < 1.29 is 19.2 Å². The fourth-order valence-corrected chi connectivity index (χ4v) is 3.47. The number of hydrogen-bond donors (Lipinski definition) is 2. The summed E-state index contributed by atoms with van der Waals surface area (Å²) in [6.45, 7) is 1.93. The Bertz CT molecular complexity index is 966. The van der Waals surface area contributed by atoms with E-state index in [4.69, 9.17) is 0 Å². The standard InChI is InChI=1S/C20H18BFN2O3S/c1-13-2-7-18(21(26)27)15(8-13)12-28-20-23-10-16(11-24-20)19(25)9-14-3-5-17(22)6-4-14/h2-8,10-11,26-27H,9,12H2,1H3. The molecule has 0 unspecified atom stereocenters. The van der Waals surface area contributed by atoms with Crippen LogP contribution in [0.3, 0.4) is 0 Å². The van der Waals surface area contributed by atoms with Gasteiger partial charge in [-0.15, -0.1) is 0 Å². The molecule has 0 bridgehead atoms. The third-order valence-electron chi connectivity index (χ3n) is 4.16. The van der Waals surface area contributed by atoms with Crippen LogP contribution in [0.5, 0.6) is 0 Å². The fraction of sp³-hybridized carbons (Fsp3) is 0.150. The Morgan fingerprint density at radius 3 is 2.43 bits per heavy atom. The smallest absolute Gasteiger partial charge is 0.423 e. The van der Waals surface area contributed by atoms with Crippen molar-refractivity contribution in [1.29, 1.82) is 0 Å². The van der Waals surface area contributed by atoms with Crippen molar-refractivity contribution in [3.05, 3.63) is 82.9 Å². The van der Waals surface area contributed by atoms with Gasteiger partial charge in [0, 0.05) is 24.6 Å². The van der Waals surface area contributed by atoms with Crippen molar-refractivity contribution in [3.8, 4) is 0 Å². The van der Waals surface area contributed by atoms with Gasteiger partial charge >= 0.3 is 7.12 Å². The second-order valence-electron chi connectivity index (χ2n) is 6.35. The maximum atomic E-state index is 12.9. The fourth-order valence-electron chi connectivity index (χ4n) is 2.68. The summed E-state index contributed by atoms with van der Waals surface area (Å²) < 4.78 is 12.9. The second kappa shape index (κ2) is 9.10. The zero-order valence-corrected chi connectivity index (χ0v) is 16.0. The van der Waals surface area contributed by atoms with E-state index in [0.717, 1.165) is 16.7 Å². The molecular weight excluding hydrogens is 378 g/mol. The Morgan fingerprint density at radius 1 is 1.11 bits per heavy atom. The molecule has 3 rings (SSSR count). The number of Topliss-reactive ketones (excluding diaryl/α,β-unsaturated/α-hetero) is 1. The summed E-state index contributed by atoms with van der Waals surface area (Å²) in [5, 5.41) is 19.5. The van der Waals surface area contributed by atoms with Crippen LogP contribution in [-0.2, 0) is 12.2 Å². The van der Waals surface area contributed by atoms with Crippen LogP contribution in [0.4, 0.5) is 4.39 Å². The predicted octanol–water partition coefficient (Wildman–Crippen LogP) is 2.32. The molecule has 0 fully saturated rings. The minimum Gasteiger partial charge on any atom is -0.423 e. The highest BCUT2D eigenvalue weighted by atomic mass is 32.2. The van der Waals surface area contributed by atoms with Gasteiger partial charge in [-0.1, -0.05) is 47.7 Å². The molecule has 0 aliphatic heterocycles. The van der Waals surface area contributed by atoms with Gasteiger partial charge in [0.15, 0.2) is 10.9 Å². The number of ketones is 1. The zero-order valence-electron chi connectivity index (χ0n) is 15.2. The Kier molecular flexibility index (Phi) is 6.56. The van der Waals surface area contributed by atoms with Crippen molar-refractivity contribution >= 4 is 30.1 Å². The first kappa shape index (κ1) is 20.2. The number of halogens is 1. The Hall–Kier alpha value is -2.55. The molecule has 2 N–H and O–H groups in total. The van der Waals surface area contributed by atoms with Crippen molar-refractivity contribution in [3.63, 3.8) is 0 Å². The summed E-state index contributed by atoms with van der Waals surface area (Å²) in [6.07, 6.45) is 3.09. The highest BCUT2D eigenvalue weighted by Crippen LogP contribution is 2.19. The maximum absolute atomic E-state index is 12.9. The molecule has 142 valence electrons. The van der Waals surface area contributed by atoms with E-state index in [9.17, 15) is 19.2 Å². The van der Waals surface area contributed by atoms with E-state index in [2.05, 4.69) is 9.97 Å². The molecule has 8 heteroatoms. The van der Waals surface area contributed by atoms with Gasteiger partial charge in [-0.25, -0.2) is 14.4 Å². The molecule has 0 amide bonds. The summed E-state index contributed by atoms with van der Waals surface area (Å²) in [5.41, 5.74) is 3.36. The van der Waals surface area contributed by atoms with Crippen LogP contribution in [0.15, 0.2) is 60.0 Å². The molecule has 0 saturated heterocycles. The van der Waals surface area contributed by atoms with Gasteiger partial charge < -0.3 is 10.0 Å². The number of rotatable bonds is 7. The summed E-state index contributed by atoms with van der Waals surface area (Å²) >= 11 is 1.34. The average molecular weight is 396 g/mol. The molecular formula is C20H18BFN2O3S. The Morgan fingerprint density at radius 2 is 1.79 bits per heavy atom. The number of carbonyl (C=O) groups is 1. The lowest BCUT2D eigenvalue weighted by molar-refractivity contribution is 0.0992. The van der Waals surface area contributed by atoms with Gasteiger partial charge in [-0.05, 0) is 35.6 Å². The maximum Gasteiger partial charge on any atom is 0.488 e. The lowest BCUT2D eigenvalue weighted by atomic mass is 9.77. The lowest BCUT2D eigenvalue weighted by Gasteiger charge is -2.09.